The molecule has 2 saturated carbocycles. The summed E-state index contributed by atoms with van der Waals surface area (Å²) in [6.45, 7) is 2.17. The van der Waals surface area contributed by atoms with E-state index in [9.17, 15) is 4.79 Å². The number of piperidine rings is 1. The molecule has 1 aromatic heterocycles. The van der Waals surface area contributed by atoms with Crippen LogP contribution in [0, 0.1) is 5.41 Å². The first-order valence-electron chi connectivity index (χ1n) is 9.08. The molecule has 0 bridgehead atoms. The van der Waals surface area contributed by atoms with Gasteiger partial charge in [-0.05, 0) is 50.6 Å². The van der Waals surface area contributed by atoms with Crippen molar-refractivity contribution >= 4 is 18.3 Å². The summed E-state index contributed by atoms with van der Waals surface area (Å²) in [4.78, 5) is 16.6. The Labute approximate surface area is 148 Å². The Morgan fingerprint density at radius 2 is 2.00 bits per heavy atom. The first-order chi connectivity index (χ1) is 11.3. The zero-order chi connectivity index (χ0) is 15.7. The van der Waals surface area contributed by atoms with E-state index in [1.165, 1.54) is 32.1 Å². The van der Waals surface area contributed by atoms with Crippen molar-refractivity contribution in [2.45, 2.75) is 69.7 Å². The van der Waals surface area contributed by atoms with E-state index >= 15 is 0 Å². The Morgan fingerprint density at radius 1 is 1.25 bits per heavy atom. The third-order valence-electron chi connectivity index (χ3n) is 5.86. The lowest BCUT2D eigenvalue weighted by atomic mass is 9.92. The maximum atomic E-state index is 12.1. The van der Waals surface area contributed by atoms with Crippen LogP contribution >= 0.6 is 12.4 Å². The van der Waals surface area contributed by atoms with E-state index in [0.29, 0.717) is 23.2 Å². The number of aromatic nitrogens is 2. The van der Waals surface area contributed by atoms with Gasteiger partial charge in [-0.15, -0.1) is 12.4 Å². The molecule has 24 heavy (non-hydrogen) atoms. The summed E-state index contributed by atoms with van der Waals surface area (Å²) in [6.07, 6.45) is 9.70. The maximum absolute atomic E-state index is 12.1. The van der Waals surface area contributed by atoms with Crippen LogP contribution in [0.2, 0.25) is 0 Å². The minimum absolute atomic E-state index is 0. The monoisotopic (exact) mass is 354 g/mol. The summed E-state index contributed by atoms with van der Waals surface area (Å²) in [5.41, 5.74) is 0.388. The molecule has 1 aliphatic heterocycles. The highest BCUT2D eigenvalue weighted by Crippen LogP contribution is 2.63. The fraction of sp³-hybridized carbons (Fsp3) is 0.824. The molecule has 2 N–H and O–H groups in total. The Morgan fingerprint density at radius 3 is 2.75 bits per heavy atom. The number of halogens is 1. The van der Waals surface area contributed by atoms with Crippen molar-refractivity contribution in [2.24, 2.45) is 5.41 Å². The number of hydrogen-bond donors (Lipinski definition) is 2. The van der Waals surface area contributed by atoms with Gasteiger partial charge in [0.25, 0.3) is 0 Å². The molecule has 1 aromatic rings. The zero-order valence-corrected chi connectivity index (χ0v) is 14.9. The number of amides is 1. The fourth-order valence-corrected chi connectivity index (χ4v) is 4.32. The molecule has 1 atom stereocenters. The average Bonchev–Trinajstić information content (AvgIpc) is 3.04. The molecule has 3 aliphatic rings. The Balaban J connectivity index is 0.00000169. The van der Waals surface area contributed by atoms with E-state index in [0.717, 1.165) is 38.2 Å². The quantitative estimate of drug-likeness (QED) is 0.867. The number of nitrogens with zero attached hydrogens (tertiary/aromatic N) is 2. The highest BCUT2D eigenvalue weighted by Gasteiger charge is 2.57. The van der Waals surface area contributed by atoms with Gasteiger partial charge in [-0.2, -0.15) is 4.98 Å². The van der Waals surface area contributed by atoms with Gasteiger partial charge >= 0.3 is 0 Å². The number of rotatable bonds is 4. The summed E-state index contributed by atoms with van der Waals surface area (Å²) in [5, 5.41) is 10.5. The largest absolute Gasteiger partial charge is 0.353 e. The van der Waals surface area contributed by atoms with Gasteiger partial charge in [-0.3, -0.25) is 4.79 Å². The van der Waals surface area contributed by atoms with Crippen LogP contribution in [-0.2, 0) is 11.2 Å². The topological polar surface area (TPSA) is 80.1 Å². The first kappa shape index (κ1) is 17.7. The van der Waals surface area contributed by atoms with Crippen molar-refractivity contribution in [3.63, 3.8) is 0 Å². The third kappa shape index (κ3) is 3.75. The first-order valence-corrected chi connectivity index (χ1v) is 9.08. The van der Waals surface area contributed by atoms with Gasteiger partial charge in [-0.25, -0.2) is 0 Å². The van der Waals surface area contributed by atoms with Crippen molar-refractivity contribution in [2.75, 3.05) is 13.1 Å². The van der Waals surface area contributed by atoms with Gasteiger partial charge in [0.2, 0.25) is 11.8 Å². The van der Waals surface area contributed by atoms with Gasteiger partial charge in [0.05, 0.1) is 6.42 Å². The molecule has 0 aromatic carbocycles. The number of hydrogen-bond acceptors (Lipinski definition) is 5. The van der Waals surface area contributed by atoms with Crippen molar-refractivity contribution in [1.29, 1.82) is 0 Å². The molecular formula is C17H27ClN4O2. The van der Waals surface area contributed by atoms with E-state index in [4.69, 9.17) is 4.52 Å². The summed E-state index contributed by atoms with van der Waals surface area (Å²) in [6, 6.07) is 0.337. The Bertz CT molecular complexity index is 565. The highest BCUT2D eigenvalue weighted by molar-refractivity contribution is 5.85. The van der Waals surface area contributed by atoms with Gasteiger partial charge in [-0.1, -0.05) is 24.4 Å². The van der Waals surface area contributed by atoms with Crippen molar-refractivity contribution in [1.82, 2.24) is 20.8 Å². The van der Waals surface area contributed by atoms with E-state index in [2.05, 4.69) is 20.8 Å². The summed E-state index contributed by atoms with van der Waals surface area (Å²) < 4.78 is 5.45. The number of nitrogens with one attached hydrogen (secondary N) is 2. The van der Waals surface area contributed by atoms with Crippen LogP contribution in [0.1, 0.15) is 69.0 Å². The Kier molecular flexibility index (Phi) is 5.45. The van der Waals surface area contributed by atoms with Crippen LogP contribution in [0.5, 0.6) is 0 Å². The highest BCUT2D eigenvalue weighted by atomic mass is 35.5. The lowest BCUT2D eigenvalue weighted by molar-refractivity contribution is -0.121. The molecule has 1 saturated heterocycles. The predicted molar refractivity (Wildman–Crippen MR) is 92.2 cm³/mol. The van der Waals surface area contributed by atoms with Crippen LogP contribution in [0.15, 0.2) is 4.52 Å². The SMILES string of the molecule is Cl.O=C(Cc1noc(C2CC23CCNCC3)n1)NC1CCCCC1. The van der Waals surface area contributed by atoms with Crippen LogP contribution in [-0.4, -0.2) is 35.2 Å². The number of carbonyl (C=O) groups excluding carboxylic acids is 1. The van der Waals surface area contributed by atoms with E-state index in [-0.39, 0.29) is 24.7 Å². The van der Waals surface area contributed by atoms with Gasteiger partial charge < -0.3 is 15.2 Å². The molecule has 1 amide bonds. The van der Waals surface area contributed by atoms with Crippen LogP contribution < -0.4 is 10.6 Å². The summed E-state index contributed by atoms with van der Waals surface area (Å²) in [7, 11) is 0. The molecule has 1 spiro atoms. The standard InChI is InChI=1S/C17H26N4O2.ClH/c22-15(19-12-4-2-1-3-5-12)10-14-20-16(23-21-14)13-11-17(13)6-8-18-9-7-17;/h12-13,18H,1-11H2,(H,19,22);1H. The zero-order valence-electron chi connectivity index (χ0n) is 14.1. The molecule has 4 rings (SSSR count). The van der Waals surface area contributed by atoms with Gasteiger partial charge in [0, 0.05) is 12.0 Å². The van der Waals surface area contributed by atoms with Gasteiger partial charge in [0.15, 0.2) is 5.82 Å². The van der Waals surface area contributed by atoms with E-state index in [1.54, 1.807) is 0 Å². The van der Waals surface area contributed by atoms with E-state index in [1.807, 2.05) is 0 Å². The second-order valence-electron chi connectivity index (χ2n) is 7.50. The van der Waals surface area contributed by atoms with Gasteiger partial charge in [0.1, 0.15) is 0 Å². The molecular weight excluding hydrogens is 328 g/mol. The molecule has 3 fully saturated rings. The minimum atomic E-state index is 0. The molecule has 1 unspecified atom stereocenters. The van der Waals surface area contributed by atoms with Crippen molar-refractivity contribution in [3.05, 3.63) is 11.7 Å². The van der Waals surface area contributed by atoms with Crippen LogP contribution in [0.25, 0.3) is 0 Å². The molecule has 2 heterocycles. The summed E-state index contributed by atoms with van der Waals surface area (Å²) >= 11 is 0. The number of carbonyl (C=O) groups is 1. The minimum Gasteiger partial charge on any atom is -0.353 e. The fourth-order valence-electron chi connectivity index (χ4n) is 4.32. The van der Waals surface area contributed by atoms with Crippen LogP contribution in [0.4, 0.5) is 0 Å². The van der Waals surface area contributed by atoms with Crippen molar-refractivity contribution < 1.29 is 9.32 Å². The maximum Gasteiger partial charge on any atom is 0.230 e. The normalized spacial score (nSPS) is 25.9. The Hall–Kier alpha value is -1.14. The predicted octanol–water partition coefficient (Wildman–Crippen LogP) is 2.34. The summed E-state index contributed by atoms with van der Waals surface area (Å²) in [5.74, 6) is 1.71. The molecule has 6 nitrogen and oxygen atoms in total. The smallest absolute Gasteiger partial charge is 0.230 e. The second-order valence-corrected chi connectivity index (χ2v) is 7.50. The molecule has 134 valence electrons. The second kappa shape index (κ2) is 7.40. The molecule has 0 radical (unpaired) electrons. The molecule has 2 aliphatic carbocycles. The third-order valence-corrected chi connectivity index (χ3v) is 5.86. The van der Waals surface area contributed by atoms with E-state index < -0.39 is 0 Å². The lowest BCUT2D eigenvalue weighted by Gasteiger charge is -2.22. The average molecular weight is 355 g/mol. The van der Waals surface area contributed by atoms with Crippen LogP contribution in [0.3, 0.4) is 0 Å². The lowest BCUT2D eigenvalue weighted by Crippen LogP contribution is -2.37. The molecule has 7 heteroatoms. The van der Waals surface area contributed by atoms with Crippen molar-refractivity contribution in [3.8, 4) is 0 Å².